The minimum absolute atomic E-state index is 0.0327. The van der Waals surface area contributed by atoms with Crippen LogP contribution >= 0.6 is 0 Å². The van der Waals surface area contributed by atoms with Gasteiger partial charge in [-0.05, 0) is 42.4 Å². The Bertz CT molecular complexity index is 490. The Morgan fingerprint density at radius 1 is 1.19 bits per heavy atom. The van der Waals surface area contributed by atoms with Crippen molar-refractivity contribution in [1.82, 2.24) is 5.32 Å². The fraction of sp³-hybridized carbons (Fsp3) is 0.611. The molecule has 3 heteroatoms. The quantitative estimate of drug-likeness (QED) is 0.880. The molecule has 116 valence electrons. The summed E-state index contributed by atoms with van der Waals surface area (Å²) < 4.78 is 0. The molecule has 1 aromatic rings. The standard InChI is InChI=1S/C18H28N2O/c1-18(2,3)15-10-5-6-11-16(15)20-14-9-7-8-13(12-14)17(21)19-4/h7-9,12,15-16,20H,5-6,10-11H2,1-4H3,(H,19,21). The van der Waals surface area contributed by atoms with E-state index in [-0.39, 0.29) is 5.91 Å². The van der Waals surface area contributed by atoms with E-state index in [0.717, 1.165) is 5.69 Å². The van der Waals surface area contributed by atoms with Crippen molar-refractivity contribution in [2.45, 2.75) is 52.5 Å². The van der Waals surface area contributed by atoms with Crippen LogP contribution in [0.1, 0.15) is 56.8 Å². The molecule has 0 bridgehead atoms. The number of nitrogens with one attached hydrogen (secondary N) is 2. The van der Waals surface area contributed by atoms with Gasteiger partial charge in [0.1, 0.15) is 0 Å². The van der Waals surface area contributed by atoms with Crippen molar-refractivity contribution in [1.29, 1.82) is 0 Å². The molecule has 3 nitrogen and oxygen atoms in total. The van der Waals surface area contributed by atoms with Gasteiger partial charge in [0, 0.05) is 24.3 Å². The zero-order chi connectivity index (χ0) is 15.5. The third-order valence-electron chi connectivity index (χ3n) is 4.58. The van der Waals surface area contributed by atoms with E-state index in [1.54, 1.807) is 7.05 Å². The van der Waals surface area contributed by atoms with Crippen LogP contribution in [0.4, 0.5) is 5.69 Å². The zero-order valence-electron chi connectivity index (χ0n) is 13.7. The Morgan fingerprint density at radius 3 is 2.57 bits per heavy atom. The minimum atomic E-state index is -0.0327. The minimum Gasteiger partial charge on any atom is -0.382 e. The Labute approximate surface area is 128 Å². The molecule has 0 radical (unpaired) electrons. The first-order valence-electron chi connectivity index (χ1n) is 8.00. The molecule has 2 atom stereocenters. The number of carbonyl (C=O) groups is 1. The lowest BCUT2D eigenvalue weighted by Gasteiger charge is -2.41. The highest BCUT2D eigenvalue weighted by Crippen LogP contribution is 2.39. The van der Waals surface area contributed by atoms with Crippen LogP contribution in [0.2, 0.25) is 0 Å². The van der Waals surface area contributed by atoms with Crippen LogP contribution in [-0.4, -0.2) is 19.0 Å². The Kier molecular flexibility index (Phi) is 4.92. The lowest BCUT2D eigenvalue weighted by atomic mass is 9.69. The highest BCUT2D eigenvalue weighted by molar-refractivity contribution is 5.94. The van der Waals surface area contributed by atoms with E-state index in [4.69, 9.17) is 0 Å². The van der Waals surface area contributed by atoms with Crippen LogP contribution < -0.4 is 10.6 Å². The van der Waals surface area contributed by atoms with Gasteiger partial charge in [-0.2, -0.15) is 0 Å². The number of hydrogen-bond donors (Lipinski definition) is 2. The van der Waals surface area contributed by atoms with Crippen molar-refractivity contribution in [3.63, 3.8) is 0 Å². The van der Waals surface area contributed by atoms with Crippen LogP contribution in [0, 0.1) is 11.3 Å². The second-order valence-electron chi connectivity index (χ2n) is 7.17. The molecule has 0 spiro atoms. The molecule has 0 heterocycles. The van der Waals surface area contributed by atoms with Crippen molar-refractivity contribution < 1.29 is 4.79 Å². The molecule has 1 aromatic carbocycles. The van der Waals surface area contributed by atoms with Gasteiger partial charge >= 0.3 is 0 Å². The van der Waals surface area contributed by atoms with E-state index in [1.807, 2.05) is 18.2 Å². The van der Waals surface area contributed by atoms with Crippen molar-refractivity contribution in [2.75, 3.05) is 12.4 Å². The number of anilines is 1. The van der Waals surface area contributed by atoms with Crippen LogP contribution in [0.3, 0.4) is 0 Å². The summed E-state index contributed by atoms with van der Waals surface area (Å²) in [5.41, 5.74) is 2.08. The molecule has 1 aliphatic carbocycles. The molecule has 2 unspecified atom stereocenters. The average molecular weight is 288 g/mol. The summed E-state index contributed by atoms with van der Waals surface area (Å²) in [6.45, 7) is 7.00. The lowest BCUT2D eigenvalue weighted by Crippen LogP contribution is -2.39. The summed E-state index contributed by atoms with van der Waals surface area (Å²) in [6, 6.07) is 8.31. The smallest absolute Gasteiger partial charge is 0.251 e. The van der Waals surface area contributed by atoms with Crippen LogP contribution in [-0.2, 0) is 0 Å². The van der Waals surface area contributed by atoms with Gasteiger partial charge in [0.05, 0.1) is 0 Å². The Balaban J connectivity index is 2.14. The van der Waals surface area contributed by atoms with Crippen molar-refractivity contribution >= 4 is 11.6 Å². The van der Waals surface area contributed by atoms with Crippen LogP contribution in [0.25, 0.3) is 0 Å². The fourth-order valence-electron chi connectivity index (χ4n) is 3.45. The second kappa shape index (κ2) is 6.50. The summed E-state index contributed by atoms with van der Waals surface area (Å²) in [6.07, 6.45) is 5.13. The van der Waals surface area contributed by atoms with E-state index < -0.39 is 0 Å². The molecule has 0 saturated heterocycles. The highest BCUT2D eigenvalue weighted by Gasteiger charge is 2.34. The molecule has 1 saturated carbocycles. The number of benzene rings is 1. The molecular weight excluding hydrogens is 260 g/mol. The molecule has 2 rings (SSSR count). The third-order valence-corrected chi connectivity index (χ3v) is 4.58. The van der Waals surface area contributed by atoms with Crippen molar-refractivity contribution in [2.24, 2.45) is 11.3 Å². The van der Waals surface area contributed by atoms with Gasteiger partial charge < -0.3 is 10.6 Å². The van der Waals surface area contributed by atoms with E-state index in [0.29, 0.717) is 22.9 Å². The van der Waals surface area contributed by atoms with Crippen molar-refractivity contribution in [3.8, 4) is 0 Å². The largest absolute Gasteiger partial charge is 0.382 e. The van der Waals surface area contributed by atoms with Gasteiger partial charge in [0.25, 0.3) is 5.91 Å². The van der Waals surface area contributed by atoms with Crippen LogP contribution in [0.15, 0.2) is 24.3 Å². The fourth-order valence-corrected chi connectivity index (χ4v) is 3.45. The van der Waals surface area contributed by atoms with E-state index in [9.17, 15) is 4.79 Å². The maximum atomic E-state index is 11.7. The van der Waals surface area contributed by atoms with Gasteiger partial charge in [-0.3, -0.25) is 4.79 Å². The molecule has 1 amide bonds. The molecule has 1 fully saturated rings. The Morgan fingerprint density at radius 2 is 1.90 bits per heavy atom. The summed E-state index contributed by atoms with van der Waals surface area (Å²) in [5.74, 6) is 0.643. The first kappa shape index (κ1) is 15.9. The number of hydrogen-bond acceptors (Lipinski definition) is 2. The second-order valence-corrected chi connectivity index (χ2v) is 7.17. The number of rotatable bonds is 3. The predicted molar refractivity (Wildman–Crippen MR) is 88.7 cm³/mol. The van der Waals surface area contributed by atoms with Gasteiger partial charge in [-0.15, -0.1) is 0 Å². The van der Waals surface area contributed by atoms with E-state index >= 15 is 0 Å². The number of carbonyl (C=O) groups excluding carboxylic acids is 1. The normalized spacial score (nSPS) is 22.7. The third kappa shape index (κ3) is 3.99. The summed E-state index contributed by atoms with van der Waals surface area (Å²) >= 11 is 0. The lowest BCUT2D eigenvalue weighted by molar-refractivity contribution is 0.0963. The van der Waals surface area contributed by atoms with Gasteiger partial charge in [-0.1, -0.05) is 39.7 Å². The molecule has 0 aliphatic heterocycles. The average Bonchev–Trinajstić information content (AvgIpc) is 2.46. The predicted octanol–water partition coefficient (Wildman–Crippen LogP) is 4.06. The van der Waals surface area contributed by atoms with E-state index in [2.05, 4.69) is 37.5 Å². The summed E-state index contributed by atoms with van der Waals surface area (Å²) in [4.78, 5) is 11.7. The van der Waals surface area contributed by atoms with Gasteiger partial charge in [0.15, 0.2) is 0 Å². The summed E-state index contributed by atoms with van der Waals surface area (Å²) in [5, 5.41) is 6.36. The molecular formula is C18H28N2O. The van der Waals surface area contributed by atoms with Gasteiger partial charge in [0.2, 0.25) is 0 Å². The van der Waals surface area contributed by atoms with Gasteiger partial charge in [-0.25, -0.2) is 0 Å². The van der Waals surface area contributed by atoms with Crippen LogP contribution in [0.5, 0.6) is 0 Å². The highest BCUT2D eigenvalue weighted by atomic mass is 16.1. The van der Waals surface area contributed by atoms with Crippen molar-refractivity contribution in [3.05, 3.63) is 29.8 Å². The summed E-state index contributed by atoms with van der Waals surface area (Å²) in [7, 11) is 1.67. The topological polar surface area (TPSA) is 41.1 Å². The first-order chi connectivity index (χ1) is 9.91. The molecule has 2 N–H and O–H groups in total. The molecule has 21 heavy (non-hydrogen) atoms. The maximum absolute atomic E-state index is 11.7. The molecule has 1 aliphatic rings. The number of amides is 1. The first-order valence-corrected chi connectivity index (χ1v) is 8.00. The SMILES string of the molecule is CNC(=O)c1cccc(NC2CCCCC2C(C)(C)C)c1. The zero-order valence-corrected chi connectivity index (χ0v) is 13.7. The maximum Gasteiger partial charge on any atom is 0.251 e. The monoisotopic (exact) mass is 288 g/mol. The molecule has 0 aromatic heterocycles. The Hall–Kier alpha value is -1.51. The van der Waals surface area contributed by atoms with E-state index in [1.165, 1.54) is 25.7 Å².